The highest BCUT2D eigenvalue weighted by Gasteiger charge is 2.10. The van der Waals surface area contributed by atoms with E-state index in [0.717, 1.165) is 24.1 Å². The first kappa shape index (κ1) is 12.6. The topological polar surface area (TPSA) is 27.1 Å². The fourth-order valence-electron chi connectivity index (χ4n) is 1.79. The van der Waals surface area contributed by atoms with Crippen molar-refractivity contribution in [3.8, 4) is 17.0 Å². The van der Waals surface area contributed by atoms with Crippen molar-refractivity contribution in [2.45, 2.75) is 19.8 Å². The van der Waals surface area contributed by atoms with Crippen LogP contribution in [0, 0.1) is 5.82 Å². The summed E-state index contributed by atoms with van der Waals surface area (Å²) in [6, 6.07) is 6.49. The minimum Gasteiger partial charge on any atom is -0.493 e. The van der Waals surface area contributed by atoms with E-state index in [1.54, 1.807) is 16.9 Å². The van der Waals surface area contributed by atoms with E-state index in [0.29, 0.717) is 12.4 Å². The number of aryl methyl sites for hydroxylation is 1. The monoisotopic (exact) mass is 248 g/mol. The Kier molecular flexibility index (Phi) is 3.97. The van der Waals surface area contributed by atoms with Gasteiger partial charge in [-0.2, -0.15) is 5.10 Å². The maximum atomic E-state index is 13.3. The van der Waals surface area contributed by atoms with Crippen molar-refractivity contribution in [1.82, 2.24) is 9.78 Å². The number of nitrogens with zero attached hydrogens (tertiary/aromatic N) is 2. The van der Waals surface area contributed by atoms with Crippen LogP contribution in [0.5, 0.6) is 5.75 Å². The van der Waals surface area contributed by atoms with E-state index in [2.05, 4.69) is 12.0 Å². The Labute approximate surface area is 106 Å². The molecule has 3 nitrogen and oxygen atoms in total. The second-order valence-electron chi connectivity index (χ2n) is 4.18. The van der Waals surface area contributed by atoms with Crippen LogP contribution in [-0.2, 0) is 7.05 Å². The zero-order valence-corrected chi connectivity index (χ0v) is 10.7. The smallest absolute Gasteiger partial charge is 0.131 e. The molecule has 2 rings (SSSR count). The van der Waals surface area contributed by atoms with Crippen LogP contribution in [-0.4, -0.2) is 16.4 Å². The highest BCUT2D eigenvalue weighted by Crippen LogP contribution is 2.30. The maximum absolute atomic E-state index is 13.3. The number of halogens is 1. The molecule has 0 saturated heterocycles. The third-order valence-electron chi connectivity index (χ3n) is 2.80. The lowest BCUT2D eigenvalue weighted by molar-refractivity contribution is 0.309. The third-order valence-corrected chi connectivity index (χ3v) is 2.80. The van der Waals surface area contributed by atoms with Crippen LogP contribution in [0.2, 0.25) is 0 Å². The van der Waals surface area contributed by atoms with Crippen molar-refractivity contribution in [2.24, 2.45) is 7.05 Å². The number of unbranched alkanes of at least 4 members (excludes halogenated alkanes) is 1. The van der Waals surface area contributed by atoms with Crippen molar-refractivity contribution in [2.75, 3.05) is 6.61 Å². The lowest BCUT2D eigenvalue weighted by Gasteiger charge is -2.11. The predicted octanol–water partition coefficient (Wildman–Crippen LogP) is 3.41. The molecule has 4 heteroatoms. The predicted molar refractivity (Wildman–Crippen MR) is 69.0 cm³/mol. The van der Waals surface area contributed by atoms with E-state index >= 15 is 0 Å². The fourth-order valence-corrected chi connectivity index (χ4v) is 1.79. The average molecular weight is 248 g/mol. The molecule has 96 valence electrons. The summed E-state index contributed by atoms with van der Waals surface area (Å²) in [6.45, 7) is 2.70. The van der Waals surface area contributed by atoms with Crippen LogP contribution in [0.3, 0.4) is 0 Å². The molecule has 0 atom stereocenters. The molecule has 1 aromatic heterocycles. The molecule has 0 fully saturated rings. The number of aromatic nitrogens is 2. The Bertz CT molecular complexity index is 522. The van der Waals surface area contributed by atoms with Gasteiger partial charge in [-0.1, -0.05) is 13.3 Å². The summed E-state index contributed by atoms with van der Waals surface area (Å²) in [5, 5.41) is 4.12. The molecule has 2 aromatic rings. The fraction of sp³-hybridized carbons (Fsp3) is 0.357. The SMILES string of the molecule is CCCCOc1cc(F)ccc1-c1ccnn1C. The second kappa shape index (κ2) is 5.67. The van der Waals surface area contributed by atoms with E-state index < -0.39 is 0 Å². The van der Waals surface area contributed by atoms with Crippen LogP contribution in [0.25, 0.3) is 11.3 Å². The Balaban J connectivity index is 2.32. The zero-order chi connectivity index (χ0) is 13.0. The van der Waals surface area contributed by atoms with E-state index in [-0.39, 0.29) is 5.82 Å². The van der Waals surface area contributed by atoms with E-state index in [1.807, 2.05) is 13.1 Å². The molecule has 0 N–H and O–H groups in total. The molecule has 0 radical (unpaired) electrons. The van der Waals surface area contributed by atoms with Gasteiger partial charge in [0, 0.05) is 24.9 Å². The quantitative estimate of drug-likeness (QED) is 0.758. The van der Waals surface area contributed by atoms with Gasteiger partial charge in [-0.05, 0) is 24.6 Å². The molecule has 0 aliphatic carbocycles. The van der Waals surface area contributed by atoms with Crippen LogP contribution in [0.4, 0.5) is 4.39 Å². The largest absolute Gasteiger partial charge is 0.493 e. The molecule has 18 heavy (non-hydrogen) atoms. The van der Waals surface area contributed by atoms with Crippen molar-refractivity contribution in [3.05, 3.63) is 36.3 Å². The Morgan fingerprint density at radius 3 is 2.83 bits per heavy atom. The average Bonchev–Trinajstić information content (AvgIpc) is 2.76. The van der Waals surface area contributed by atoms with Crippen LogP contribution in [0.1, 0.15) is 19.8 Å². The Morgan fingerprint density at radius 2 is 2.17 bits per heavy atom. The van der Waals surface area contributed by atoms with Crippen LogP contribution in [0.15, 0.2) is 30.5 Å². The first-order chi connectivity index (χ1) is 8.72. The van der Waals surface area contributed by atoms with Crippen molar-refractivity contribution in [1.29, 1.82) is 0 Å². The van der Waals surface area contributed by atoms with Gasteiger partial charge >= 0.3 is 0 Å². The van der Waals surface area contributed by atoms with Gasteiger partial charge in [-0.3, -0.25) is 4.68 Å². The van der Waals surface area contributed by atoms with E-state index in [4.69, 9.17) is 4.74 Å². The Morgan fingerprint density at radius 1 is 1.33 bits per heavy atom. The molecule has 0 aliphatic heterocycles. The second-order valence-corrected chi connectivity index (χ2v) is 4.18. The van der Waals surface area contributed by atoms with E-state index in [1.165, 1.54) is 12.1 Å². The van der Waals surface area contributed by atoms with Crippen molar-refractivity contribution in [3.63, 3.8) is 0 Å². The molecule has 1 aromatic carbocycles. The number of hydrogen-bond donors (Lipinski definition) is 0. The summed E-state index contributed by atoms with van der Waals surface area (Å²) in [4.78, 5) is 0. The van der Waals surface area contributed by atoms with Crippen molar-refractivity contribution < 1.29 is 9.13 Å². The van der Waals surface area contributed by atoms with E-state index in [9.17, 15) is 4.39 Å². The lowest BCUT2D eigenvalue weighted by atomic mass is 10.1. The van der Waals surface area contributed by atoms with Gasteiger partial charge in [0.15, 0.2) is 0 Å². The summed E-state index contributed by atoms with van der Waals surface area (Å²) in [5.74, 6) is 0.291. The lowest BCUT2D eigenvalue weighted by Crippen LogP contribution is -2.01. The molecular weight excluding hydrogens is 231 g/mol. The van der Waals surface area contributed by atoms with Gasteiger partial charge in [-0.25, -0.2) is 4.39 Å². The summed E-state index contributed by atoms with van der Waals surface area (Å²) >= 11 is 0. The molecule has 0 aliphatic rings. The third kappa shape index (κ3) is 2.70. The Hall–Kier alpha value is -1.84. The maximum Gasteiger partial charge on any atom is 0.131 e. The van der Waals surface area contributed by atoms with Gasteiger partial charge in [0.2, 0.25) is 0 Å². The highest BCUT2D eigenvalue weighted by atomic mass is 19.1. The first-order valence-corrected chi connectivity index (χ1v) is 6.13. The molecule has 0 spiro atoms. The van der Waals surface area contributed by atoms with Crippen molar-refractivity contribution >= 4 is 0 Å². The number of rotatable bonds is 5. The van der Waals surface area contributed by atoms with Gasteiger partial charge in [0.25, 0.3) is 0 Å². The van der Waals surface area contributed by atoms with Crippen LogP contribution < -0.4 is 4.74 Å². The van der Waals surface area contributed by atoms with Crippen LogP contribution >= 0.6 is 0 Å². The minimum absolute atomic E-state index is 0.285. The molecule has 0 bridgehead atoms. The highest BCUT2D eigenvalue weighted by molar-refractivity contribution is 5.67. The van der Waals surface area contributed by atoms with Gasteiger partial charge in [0.1, 0.15) is 11.6 Å². The summed E-state index contributed by atoms with van der Waals surface area (Å²) in [7, 11) is 1.86. The standard InChI is InChI=1S/C14H17FN2O/c1-3-4-9-18-14-10-11(15)5-6-12(14)13-7-8-16-17(13)2/h5-8,10H,3-4,9H2,1-2H3. The van der Waals surface area contributed by atoms with Gasteiger partial charge < -0.3 is 4.74 Å². The zero-order valence-electron chi connectivity index (χ0n) is 10.7. The minimum atomic E-state index is -0.285. The number of hydrogen-bond acceptors (Lipinski definition) is 2. The first-order valence-electron chi connectivity index (χ1n) is 6.13. The molecule has 1 heterocycles. The summed E-state index contributed by atoms with van der Waals surface area (Å²) < 4.78 is 20.7. The summed E-state index contributed by atoms with van der Waals surface area (Å²) in [5.41, 5.74) is 1.79. The normalized spacial score (nSPS) is 10.6. The molecule has 0 unspecified atom stereocenters. The molecular formula is C14H17FN2O. The molecule has 0 saturated carbocycles. The molecule has 0 amide bonds. The number of benzene rings is 1. The number of ether oxygens (including phenoxy) is 1. The summed E-state index contributed by atoms with van der Waals surface area (Å²) in [6.07, 6.45) is 3.73. The van der Waals surface area contributed by atoms with Gasteiger partial charge in [-0.15, -0.1) is 0 Å². The van der Waals surface area contributed by atoms with Gasteiger partial charge in [0.05, 0.1) is 12.3 Å².